The number of amides is 1. The zero-order valence-corrected chi connectivity index (χ0v) is 11.4. The molecule has 0 radical (unpaired) electrons. The highest BCUT2D eigenvalue weighted by atomic mass is 19.1. The highest BCUT2D eigenvalue weighted by molar-refractivity contribution is 5.95. The minimum atomic E-state index is -0.675. The van der Waals surface area contributed by atoms with Crippen molar-refractivity contribution in [2.75, 3.05) is 6.54 Å². The summed E-state index contributed by atoms with van der Waals surface area (Å²) in [6.45, 7) is 0.443. The predicted molar refractivity (Wildman–Crippen MR) is 76.7 cm³/mol. The molecule has 0 unspecified atom stereocenters. The fourth-order valence-corrected chi connectivity index (χ4v) is 2.05. The summed E-state index contributed by atoms with van der Waals surface area (Å²) in [7, 11) is 0. The maximum absolute atomic E-state index is 13.5. The second kappa shape index (κ2) is 6.95. The highest BCUT2D eigenvalue weighted by Gasteiger charge is 2.11. The molecule has 0 aliphatic carbocycles. The first kappa shape index (κ1) is 15.1. The molecule has 0 atom stereocenters. The Morgan fingerprint density at radius 3 is 2.57 bits per heavy atom. The summed E-state index contributed by atoms with van der Waals surface area (Å²) in [5, 5.41) is 2.63. The molecule has 0 saturated carbocycles. The van der Waals surface area contributed by atoms with Crippen LogP contribution in [0.2, 0.25) is 0 Å². The SMILES string of the molecule is NCCc1ccccc1C(=O)NCc1ccc(F)cc1F. The Hall–Kier alpha value is -2.27. The number of carbonyl (C=O) groups excluding carboxylic acids is 1. The number of nitrogens with one attached hydrogen (secondary N) is 1. The third-order valence-corrected chi connectivity index (χ3v) is 3.13. The number of rotatable bonds is 5. The van der Waals surface area contributed by atoms with E-state index in [0.29, 0.717) is 18.5 Å². The van der Waals surface area contributed by atoms with Gasteiger partial charge in [-0.25, -0.2) is 8.78 Å². The van der Waals surface area contributed by atoms with Crippen molar-refractivity contribution in [2.45, 2.75) is 13.0 Å². The quantitative estimate of drug-likeness (QED) is 0.888. The van der Waals surface area contributed by atoms with Crippen LogP contribution in [-0.2, 0) is 13.0 Å². The van der Waals surface area contributed by atoms with E-state index < -0.39 is 11.6 Å². The Kier molecular flexibility index (Phi) is 5.00. The summed E-state index contributed by atoms with van der Waals surface area (Å²) in [5.41, 5.74) is 7.11. The molecule has 110 valence electrons. The van der Waals surface area contributed by atoms with E-state index >= 15 is 0 Å². The van der Waals surface area contributed by atoms with Gasteiger partial charge in [0.1, 0.15) is 11.6 Å². The first-order valence-corrected chi connectivity index (χ1v) is 6.62. The maximum Gasteiger partial charge on any atom is 0.251 e. The molecule has 21 heavy (non-hydrogen) atoms. The highest BCUT2D eigenvalue weighted by Crippen LogP contribution is 2.12. The van der Waals surface area contributed by atoms with E-state index in [1.807, 2.05) is 12.1 Å². The molecule has 0 heterocycles. The van der Waals surface area contributed by atoms with E-state index in [9.17, 15) is 13.6 Å². The van der Waals surface area contributed by atoms with Crippen LogP contribution < -0.4 is 11.1 Å². The van der Waals surface area contributed by atoms with Gasteiger partial charge in [-0.05, 0) is 30.7 Å². The molecule has 0 spiro atoms. The minimum absolute atomic E-state index is 0.00189. The first-order valence-electron chi connectivity index (χ1n) is 6.62. The molecule has 2 rings (SSSR count). The van der Waals surface area contributed by atoms with Crippen LogP contribution in [0, 0.1) is 11.6 Å². The van der Waals surface area contributed by atoms with Gasteiger partial charge in [0.25, 0.3) is 5.91 Å². The van der Waals surface area contributed by atoms with Crippen LogP contribution in [0.25, 0.3) is 0 Å². The lowest BCUT2D eigenvalue weighted by Crippen LogP contribution is -2.25. The number of halogens is 2. The van der Waals surface area contributed by atoms with Gasteiger partial charge < -0.3 is 11.1 Å². The topological polar surface area (TPSA) is 55.1 Å². The van der Waals surface area contributed by atoms with Crippen molar-refractivity contribution in [3.8, 4) is 0 Å². The molecule has 0 aliphatic rings. The van der Waals surface area contributed by atoms with Gasteiger partial charge in [0.15, 0.2) is 0 Å². The lowest BCUT2D eigenvalue weighted by atomic mass is 10.0. The lowest BCUT2D eigenvalue weighted by molar-refractivity contribution is 0.0949. The van der Waals surface area contributed by atoms with E-state index in [2.05, 4.69) is 5.32 Å². The molecule has 2 aromatic carbocycles. The van der Waals surface area contributed by atoms with Crippen LogP contribution in [0.3, 0.4) is 0 Å². The average Bonchev–Trinajstić information content (AvgIpc) is 2.47. The van der Waals surface area contributed by atoms with Crippen molar-refractivity contribution in [2.24, 2.45) is 5.73 Å². The molecule has 5 heteroatoms. The number of hydrogen-bond donors (Lipinski definition) is 2. The van der Waals surface area contributed by atoms with E-state index in [1.54, 1.807) is 12.1 Å². The summed E-state index contributed by atoms with van der Waals surface area (Å²) >= 11 is 0. The molecule has 1 amide bonds. The number of carbonyl (C=O) groups is 1. The van der Waals surface area contributed by atoms with Crippen LogP contribution in [0.1, 0.15) is 21.5 Å². The fourth-order valence-electron chi connectivity index (χ4n) is 2.05. The molecule has 2 aromatic rings. The van der Waals surface area contributed by atoms with E-state index in [0.717, 1.165) is 17.7 Å². The number of benzene rings is 2. The molecule has 3 nitrogen and oxygen atoms in total. The van der Waals surface area contributed by atoms with Gasteiger partial charge in [-0.3, -0.25) is 4.79 Å². The van der Waals surface area contributed by atoms with Crippen LogP contribution in [0.5, 0.6) is 0 Å². The predicted octanol–water partition coefficient (Wildman–Crippen LogP) is 2.40. The van der Waals surface area contributed by atoms with Crippen molar-refractivity contribution in [3.05, 3.63) is 70.8 Å². The zero-order chi connectivity index (χ0) is 15.2. The molecular formula is C16H16F2N2O. The van der Waals surface area contributed by atoms with Crippen LogP contribution in [0.4, 0.5) is 8.78 Å². The van der Waals surface area contributed by atoms with Crippen LogP contribution in [-0.4, -0.2) is 12.5 Å². The molecular weight excluding hydrogens is 274 g/mol. The van der Waals surface area contributed by atoms with Gasteiger partial charge in [-0.2, -0.15) is 0 Å². The van der Waals surface area contributed by atoms with Gasteiger partial charge in [-0.1, -0.05) is 24.3 Å². The molecule has 0 saturated heterocycles. The largest absolute Gasteiger partial charge is 0.348 e. The summed E-state index contributed by atoms with van der Waals surface area (Å²) in [4.78, 5) is 12.1. The normalized spacial score (nSPS) is 10.4. The van der Waals surface area contributed by atoms with Gasteiger partial charge in [0.05, 0.1) is 0 Å². The van der Waals surface area contributed by atoms with E-state index in [1.165, 1.54) is 6.07 Å². The summed E-state index contributed by atoms with van der Waals surface area (Å²) in [6.07, 6.45) is 0.592. The second-order valence-corrected chi connectivity index (χ2v) is 4.61. The van der Waals surface area contributed by atoms with E-state index in [4.69, 9.17) is 5.73 Å². The Balaban J connectivity index is 2.08. The van der Waals surface area contributed by atoms with Crippen molar-refractivity contribution in [3.63, 3.8) is 0 Å². The Bertz CT molecular complexity index is 644. The smallest absolute Gasteiger partial charge is 0.251 e. The molecule has 0 aromatic heterocycles. The Morgan fingerprint density at radius 2 is 1.86 bits per heavy atom. The summed E-state index contributed by atoms with van der Waals surface area (Å²) in [6, 6.07) is 10.4. The monoisotopic (exact) mass is 290 g/mol. The molecule has 0 bridgehead atoms. The van der Waals surface area contributed by atoms with Gasteiger partial charge in [0, 0.05) is 23.7 Å². The number of hydrogen-bond acceptors (Lipinski definition) is 2. The standard InChI is InChI=1S/C16H16F2N2O/c17-13-6-5-12(15(18)9-13)10-20-16(21)14-4-2-1-3-11(14)7-8-19/h1-6,9H,7-8,10,19H2,(H,20,21). The third-order valence-electron chi connectivity index (χ3n) is 3.13. The van der Waals surface area contributed by atoms with Gasteiger partial charge >= 0.3 is 0 Å². The lowest BCUT2D eigenvalue weighted by Gasteiger charge is -2.10. The third kappa shape index (κ3) is 3.86. The van der Waals surface area contributed by atoms with Crippen molar-refractivity contribution < 1.29 is 13.6 Å². The Labute approximate surface area is 121 Å². The average molecular weight is 290 g/mol. The summed E-state index contributed by atoms with van der Waals surface area (Å²) in [5.74, 6) is -1.62. The van der Waals surface area contributed by atoms with Crippen LogP contribution in [0.15, 0.2) is 42.5 Å². The zero-order valence-electron chi connectivity index (χ0n) is 11.4. The molecule has 3 N–H and O–H groups in total. The number of nitrogens with two attached hydrogens (primary N) is 1. The van der Waals surface area contributed by atoms with Gasteiger partial charge in [-0.15, -0.1) is 0 Å². The second-order valence-electron chi connectivity index (χ2n) is 4.61. The molecule has 0 aliphatic heterocycles. The van der Waals surface area contributed by atoms with Crippen molar-refractivity contribution >= 4 is 5.91 Å². The minimum Gasteiger partial charge on any atom is -0.348 e. The fraction of sp³-hybridized carbons (Fsp3) is 0.188. The van der Waals surface area contributed by atoms with Crippen molar-refractivity contribution in [1.29, 1.82) is 0 Å². The summed E-state index contributed by atoms with van der Waals surface area (Å²) < 4.78 is 26.3. The van der Waals surface area contributed by atoms with Crippen LogP contribution >= 0.6 is 0 Å². The first-order chi connectivity index (χ1) is 10.1. The molecule has 0 fully saturated rings. The maximum atomic E-state index is 13.5. The van der Waals surface area contributed by atoms with E-state index in [-0.39, 0.29) is 18.0 Å². The van der Waals surface area contributed by atoms with Crippen molar-refractivity contribution in [1.82, 2.24) is 5.32 Å². The Morgan fingerprint density at radius 1 is 1.10 bits per heavy atom. The van der Waals surface area contributed by atoms with Gasteiger partial charge in [0.2, 0.25) is 0 Å².